The number of carbonyl (C=O) groups is 2. The largest absolute Gasteiger partial charge is 0.349 e. The topological polar surface area (TPSA) is 49.4 Å². The molecule has 1 aromatic rings. The van der Waals surface area contributed by atoms with Crippen LogP contribution in [0.4, 0.5) is 0 Å². The summed E-state index contributed by atoms with van der Waals surface area (Å²) in [7, 11) is 1.87. The zero-order valence-electron chi connectivity index (χ0n) is 13.1. The van der Waals surface area contributed by atoms with Crippen molar-refractivity contribution in [1.29, 1.82) is 0 Å². The Kier molecular flexibility index (Phi) is 5.83. The molecule has 1 saturated carbocycles. The van der Waals surface area contributed by atoms with Crippen LogP contribution in [0.2, 0.25) is 5.02 Å². The zero-order chi connectivity index (χ0) is 16.1. The molecule has 1 aromatic carbocycles. The van der Waals surface area contributed by atoms with Gasteiger partial charge < -0.3 is 10.2 Å². The number of benzene rings is 1. The molecule has 2 rings (SSSR count). The highest BCUT2D eigenvalue weighted by molar-refractivity contribution is 6.30. The standard InChI is InChI=1S/C17H23ClN2O2/c1-12(21)19-16(13-7-9-14(18)10-8-13)11-17(22)20(2)15-5-3-4-6-15/h7-10,15-16H,3-6,11H2,1-2H3,(H,19,21)/t16-/m0/s1. The van der Waals surface area contributed by atoms with E-state index in [1.807, 2.05) is 24.1 Å². The number of nitrogens with zero attached hydrogens (tertiary/aromatic N) is 1. The molecule has 1 aliphatic carbocycles. The van der Waals surface area contributed by atoms with E-state index in [9.17, 15) is 9.59 Å². The maximum atomic E-state index is 12.5. The Bertz CT molecular complexity index is 524. The van der Waals surface area contributed by atoms with Crippen molar-refractivity contribution in [3.05, 3.63) is 34.9 Å². The minimum atomic E-state index is -0.314. The summed E-state index contributed by atoms with van der Waals surface area (Å²) in [6.45, 7) is 1.47. The lowest BCUT2D eigenvalue weighted by Crippen LogP contribution is -2.38. The molecule has 0 radical (unpaired) electrons. The Hall–Kier alpha value is -1.55. The summed E-state index contributed by atoms with van der Waals surface area (Å²) in [4.78, 5) is 25.8. The highest BCUT2D eigenvalue weighted by Gasteiger charge is 2.26. The number of hydrogen-bond acceptors (Lipinski definition) is 2. The van der Waals surface area contributed by atoms with E-state index in [0.29, 0.717) is 11.1 Å². The van der Waals surface area contributed by atoms with Gasteiger partial charge in [-0.3, -0.25) is 9.59 Å². The second kappa shape index (κ2) is 7.63. The second-order valence-corrected chi connectivity index (χ2v) is 6.39. The van der Waals surface area contributed by atoms with Crippen molar-refractivity contribution in [3.8, 4) is 0 Å². The lowest BCUT2D eigenvalue weighted by Gasteiger charge is -2.27. The number of carbonyl (C=O) groups excluding carboxylic acids is 2. The first-order valence-electron chi connectivity index (χ1n) is 7.75. The summed E-state index contributed by atoms with van der Waals surface area (Å²) < 4.78 is 0. The van der Waals surface area contributed by atoms with Crippen LogP contribution in [-0.2, 0) is 9.59 Å². The van der Waals surface area contributed by atoms with Gasteiger partial charge in [0, 0.05) is 25.0 Å². The molecule has 0 unspecified atom stereocenters. The van der Waals surface area contributed by atoms with Crippen molar-refractivity contribution in [1.82, 2.24) is 10.2 Å². The molecular weight excluding hydrogens is 300 g/mol. The van der Waals surface area contributed by atoms with Crippen molar-refractivity contribution < 1.29 is 9.59 Å². The molecule has 0 heterocycles. The minimum absolute atomic E-state index is 0.0700. The number of amides is 2. The van der Waals surface area contributed by atoms with Gasteiger partial charge >= 0.3 is 0 Å². The fourth-order valence-electron chi connectivity index (χ4n) is 3.01. The summed E-state index contributed by atoms with van der Waals surface area (Å²) in [5.41, 5.74) is 0.896. The number of halogens is 1. The molecule has 2 amide bonds. The molecule has 0 aromatic heterocycles. The highest BCUT2D eigenvalue weighted by Crippen LogP contribution is 2.25. The van der Waals surface area contributed by atoms with E-state index in [2.05, 4.69) is 5.32 Å². The number of hydrogen-bond donors (Lipinski definition) is 1. The summed E-state index contributed by atoms with van der Waals surface area (Å²) in [6, 6.07) is 7.28. The van der Waals surface area contributed by atoms with Crippen molar-refractivity contribution in [2.24, 2.45) is 0 Å². The van der Waals surface area contributed by atoms with E-state index in [1.165, 1.54) is 19.8 Å². The molecule has 120 valence electrons. The monoisotopic (exact) mass is 322 g/mol. The van der Waals surface area contributed by atoms with Crippen LogP contribution in [-0.4, -0.2) is 29.8 Å². The molecule has 5 heteroatoms. The maximum absolute atomic E-state index is 12.5. The van der Waals surface area contributed by atoms with Gasteiger partial charge in [0.05, 0.1) is 12.5 Å². The summed E-state index contributed by atoms with van der Waals surface area (Å²) >= 11 is 5.90. The van der Waals surface area contributed by atoms with Gasteiger partial charge in [-0.25, -0.2) is 0 Å². The number of nitrogens with one attached hydrogen (secondary N) is 1. The van der Waals surface area contributed by atoms with Crippen LogP contribution in [0.25, 0.3) is 0 Å². The van der Waals surface area contributed by atoms with Gasteiger partial charge in [0.2, 0.25) is 11.8 Å². The van der Waals surface area contributed by atoms with Crippen LogP contribution < -0.4 is 5.32 Å². The van der Waals surface area contributed by atoms with Crippen molar-refractivity contribution in [2.75, 3.05) is 7.05 Å². The Morgan fingerprint density at radius 3 is 2.41 bits per heavy atom. The molecule has 22 heavy (non-hydrogen) atoms. The SMILES string of the molecule is CC(=O)N[C@@H](CC(=O)N(C)C1CCCC1)c1ccc(Cl)cc1. The van der Waals surface area contributed by atoms with E-state index in [0.717, 1.165) is 18.4 Å². The molecule has 1 fully saturated rings. The second-order valence-electron chi connectivity index (χ2n) is 5.95. The van der Waals surface area contributed by atoms with Gasteiger partial charge in [-0.05, 0) is 30.5 Å². The maximum Gasteiger partial charge on any atom is 0.224 e. The zero-order valence-corrected chi connectivity index (χ0v) is 13.9. The lowest BCUT2D eigenvalue weighted by molar-refractivity contribution is -0.132. The van der Waals surface area contributed by atoms with Crippen molar-refractivity contribution in [2.45, 2.75) is 51.1 Å². The molecule has 0 bridgehead atoms. The van der Waals surface area contributed by atoms with Crippen LogP contribution in [0.15, 0.2) is 24.3 Å². The van der Waals surface area contributed by atoms with Crippen LogP contribution >= 0.6 is 11.6 Å². The molecule has 4 nitrogen and oxygen atoms in total. The predicted molar refractivity (Wildman–Crippen MR) is 87.7 cm³/mol. The highest BCUT2D eigenvalue weighted by atomic mass is 35.5. The van der Waals surface area contributed by atoms with Gasteiger partial charge in [0.1, 0.15) is 0 Å². The van der Waals surface area contributed by atoms with Crippen LogP contribution in [0.5, 0.6) is 0 Å². The van der Waals surface area contributed by atoms with Crippen molar-refractivity contribution >= 4 is 23.4 Å². The van der Waals surface area contributed by atoms with Crippen LogP contribution in [0.3, 0.4) is 0 Å². The quantitative estimate of drug-likeness (QED) is 0.904. The first-order valence-corrected chi connectivity index (χ1v) is 8.13. The Morgan fingerprint density at radius 1 is 1.27 bits per heavy atom. The van der Waals surface area contributed by atoms with Crippen LogP contribution in [0.1, 0.15) is 50.6 Å². The Balaban J connectivity index is 2.06. The first kappa shape index (κ1) is 16.8. The lowest BCUT2D eigenvalue weighted by atomic mass is 10.0. The van der Waals surface area contributed by atoms with E-state index in [1.54, 1.807) is 12.1 Å². The number of rotatable bonds is 5. The third-order valence-corrected chi connectivity index (χ3v) is 4.55. The van der Waals surface area contributed by atoms with Crippen LogP contribution in [0, 0.1) is 0 Å². The van der Waals surface area contributed by atoms with E-state index >= 15 is 0 Å². The molecule has 1 atom stereocenters. The van der Waals surface area contributed by atoms with Gasteiger partial charge in [0.15, 0.2) is 0 Å². The molecule has 1 N–H and O–H groups in total. The average molecular weight is 323 g/mol. The van der Waals surface area contributed by atoms with Crippen molar-refractivity contribution in [3.63, 3.8) is 0 Å². The molecule has 0 aliphatic heterocycles. The minimum Gasteiger partial charge on any atom is -0.349 e. The van der Waals surface area contributed by atoms with Gasteiger partial charge in [-0.15, -0.1) is 0 Å². The van der Waals surface area contributed by atoms with Gasteiger partial charge in [-0.1, -0.05) is 36.6 Å². The van der Waals surface area contributed by atoms with E-state index < -0.39 is 0 Å². The molecule has 0 spiro atoms. The Morgan fingerprint density at radius 2 is 1.86 bits per heavy atom. The fourth-order valence-corrected chi connectivity index (χ4v) is 3.13. The fraction of sp³-hybridized carbons (Fsp3) is 0.529. The van der Waals surface area contributed by atoms with Gasteiger partial charge in [0.25, 0.3) is 0 Å². The molecular formula is C17H23ClN2O2. The van der Waals surface area contributed by atoms with Gasteiger partial charge in [-0.2, -0.15) is 0 Å². The first-order chi connectivity index (χ1) is 10.5. The summed E-state index contributed by atoms with van der Waals surface area (Å²) in [5, 5.41) is 3.50. The normalized spacial score (nSPS) is 16.3. The third kappa shape index (κ3) is 4.47. The Labute approximate surface area is 136 Å². The predicted octanol–water partition coefficient (Wildman–Crippen LogP) is 3.31. The summed E-state index contributed by atoms with van der Waals surface area (Å²) in [5.74, 6) is -0.0723. The smallest absolute Gasteiger partial charge is 0.224 e. The average Bonchev–Trinajstić information content (AvgIpc) is 3.00. The molecule has 1 aliphatic rings. The summed E-state index contributed by atoms with van der Waals surface area (Å²) in [6.07, 6.45) is 4.80. The third-order valence-electron chi connectivity index (χ3n) is 4.29. The van der Waals surface area contributed by atoms with E-state index in [4.69, 9.17) is 11.6 Å². The molecule has 0 saturated heterocycles. The van der Waals surface area contributed by atoms with E-state index in [-0.39, 0.29) is 24.3 Å².